The van der Waals surface area contributed by atoms with Crippen LogP contribution in [-0.4, -0.2) is 14.5 Å². The largest absolute Gasteiger partial charge is 0.309 e. The van der Waals surface area contributed by atoms with Crippen molar-refractivity contribution in [1.82, 2.24) is 14.5 Å². The highest BCUT2D eigenvalue weighted by Crippen LogP contribution is 2.55. The Bertz CT molecular complexity index is 3180. The molecule has 0 N–H and O–H groups in total. The van der Waals surface area contributed by atoms with Gasteiger partial charge < -0.3 is 9.13 Å². The maximum Gasteiger partial charge on any atom is 0.174 e. The highest BCUT2D eigenvalue weighted by atomic mass is 31.2. The standard InChI is InChI=1S/C52H34N3OP/c56-57(41-18-8-3-9-19-41)49-23-13-11-21-43(49)45-33-32-44-42-20-10-12-22-48(42)55(50(44)51(45)57)40-30-28-39(29-31-40)52-53-46(37-16-6-2-7-17-37)34-47(54-52)38-26-24-36(25-27-38)35-14-4-1-5-15-35/h1-34H. The fourth-order valence-corrected chi connectivity index (χ4v) is 11.8. The van der Waals surface area contributed by atoms with Crippen LogP contribution in [0.2, 0.25) is 0 Å². The highest BCUT2D eigenvalue weighted by Gasteiger charge is 2.42. The zero-order valence-corrected chi connectivity index (χ0v) is 31.7. The molecule has 0 aliphatic carbocycles. The van der Waals surface area contributed by atoms with E-state index in [-0.39, 0.29) is 0 Å². The first kappa shape index (κ1) is 33.2. The topological polar surface area (TPSA) is 47.8 Å². The maximum absolute atomic E-state index is 15.9. The lowest BCUT2D eigenvalue weighted by Crippen LogP contribution is -2.22. The summed E-state index contributed by atoms with van der Waals surface area (Å²) in [6, 6.07) is 70.9. The summed E-state index contributed by atoms with van der Waals surface area (Å²) in [6.07, 6.45) is 0. The number of para-hydroxylation sites is 1. The predicted octanol–water partition coefficient (Wildman–Crippen LogP) is 11.9. The predicted molar refractivity (Wildman–Crippen MR) is 237 cm³/mol. The summed E-state index contributed by atoms with van der Waals surface area (Å²) >= 11 is 0. The monoisotopic (exact) mass is 747 g/mol. The van der Waals surface area contributed by atoms with Crippen LogP contribution in [0.15, 0.2) is 206 Å². The molecule has 0 spiro atoms. The van der Waals surface area contributed by atoms with Gasteiger partial charge in [0.05, 0.1) is 27.7 Å². The Morgan fingerprint density at radius 1 is 0.421 bits per heavy atom. The minimum absolute atomic E-state index is 0.650. The second kappa shape index (κ2) is 13.3. The van der Waals surface area contributed by atoms with Gasteiger partial charge in [0.1, 0.15) is 0 Å². The van der Waals surface area contributed by atoms with Crippen LogP contribution in [0.5, 0.6) is 0 Å². The van der Waals surface area contributed by atoms with Crippen LogP contribution in [0.3, 0.4) is 0 Å². The molecule has 1 aliphatic rings. The molecule has 0 saturated carbocycles. The Morgan fingerprint density at radius 2 is 0.965 bits per heavy atom. The number of fused-ring (bicyclic) bond motifs is 7. The van der Waals surface area contributed by atoms with E-state index in [9.17, 15) is 0 Å². The van der Waals surface area contributed by atoms with Crippen molar-refractivity contribution in [2.75, 3.05) is 0 Å². The van der Waals surface area contributed by atoms with Crippen molar-refractivity contribution < 1.29 is 4.57 Å². The van der Waals surface area contributed by atoms with Crippen molar-refractivity contribution in [2.24, 2.45) is 0 Å². The second-order valence-corrected chi connectivity index (χ2v) is 17.2. The lowest BCUT2D eigenvalue weighted by atomic mass is 10.0. The number of hydrogen-bond acceptors (Lipinski definition) is 3. The minimum Gasteiger partial charge on any atom is -0.309 e. The fraction of sp³-hybridized carbons (Fsp3) is 0. The third kappa shape index (κ3) is 5.33. The Morgan fingerprint density at radius 3 is 1.68 bits per heavy atom. The smallest absolute Gasteiger partial charge is 0.174 e. The zero-order chi connectivity index (χ0) is 37.9. The lowest BCUT2D eigenvalue weighted by Gasteiger charge is -2.18. The molecule has 57 heavy (non-hydrogen) atoms. The van der Waals surface area contributed by atoms with Gasteiger partial charge in [-0.25, -0.2) is 9.97 Å². The van der Waals surface area contributed by atoms with Crippen molar-refractivity contribution >= 4 is 44.9 Å². The molecule has 10 aromatic rings. The average molecular weight is 748 g/mol. The molecule has 0 fully saturated rings. The van der Waals surface area contributed by atoms with E-state index in [1.165, 1.54) is 5.56 Å². The van der Waals surface area contributed by atoms with E-state index in [0.29, 0.717) is 5.82 Å². The van der Waals surface area contributed by atoms with Crippen molar-refractivity contribution in [1.29, 1.82) is 0 Å². The molecule has 3 heterocycles. The van der Waals surface area contributed by atoms with E-state index in [2.05, 4.69) is 138 Å². The SMILES string of the molecule is O=P1(c2ccccc2)c2ccccc2-c2ccc3c4ccccc4n(-c4ccc(-c5nc(-c6ccccc6)cc(-c6ccc(-c7ccccc7)cc6)n5)cc4)c3c21. The molecule has 2 aromatic heterocycles. The third-order valence-corrected chi connectivity index (χ3v) is 14.4. The van der Waals surface area contributed by atoms with Crippen LogP contribution in [0.25, 0.3) is 83.6 Å². The van der Waals surface area contributed by atoms with E-state index in [4.69, 9.17) is 9.97 Å². The summed E-state index contributed by atoms with van der Waals surface area (Å²) in [4.78, 5) is 10.3. The van der Waals surface area contributed by atoms with Crippen LogP contribution in [0.1, 0.15) is 0 Å². The van der Waals surface area contributed by atoms with Gasteiger partial charge in [-0.2, -0.15) is 0 Å². The molecular formula is C52H34N3OP. The first-order chi connectivity index (χ1) is 28.1. The van der Waals surface area contributed by atoms with Gasteiger partial charge in [0, 0.05) is 43.8 Å². The molecule has 0 radical (unpaired) electrons. The molecule has 268 valence electrons. The Balaban J connectivity index is 1.08. The van der Waals surface area contributed by atoms with Crippen molar-refractivity contribution in [3.63, 3.8) is 0 Å². The average Bonchev–Trinajstić information content (AvgIpc) is 3.77. The molecule has 11 rings (SSSR count). The zero-order valence-electron chi connectivity index (χ0n) is 30.8. The summed E-state index contributed by atoms with van der Waals surface area (Å²) < 4.78 is 18.2. The summed E-state index contributed by atoms with van der Waals surface area (Å²) in [5.41, 5.74) is 12.1. The Kier molecular flexibility index (Phi) is 7.73. The number of nitrogens with zero attached hydrogens (tertiary/aromatic N) is 3. The van der Waals surface area contributed by atoms with Crippen LogP contribution in [-0.2, 0) is 4.57 Å². The van der Waals surface area contributed by atoms with Gasteiger partial charge in [0.25, 0.3) is 0 Å². The Labute approximate surface area is 330 Å². The third-order valence-electron chi connectivity index (χ3n) is 11.2. The van der Waals surface area contributed by atoms with Crippen molar-refractivity contribution in [2.45, 2.75) is 0 Å². The molecule has 1 atom stereocenters. The van der Waals surface area contributed by atoms with Gasteiger partial charge >= 0.3 is 0 Å². The quantitative estimate of drug-likeness (QED) is 0.159. The molecule has 8 aromatic carbocycles. The second-order valence-electron chi connectivity index (χ2n) is 14.5. The summed E-state index contributed by atoms with van der Waals surface area (Å²) in [5.74, 6) is 0.650. The van der Waals surface area contributed by atoms with E-state index in [1.807, 2.05) is 72.8 Å². The molecule has 5 heteroatoms. The van der Waals surface area contributed by atoms with E-state index in [0.717, 1.165) is 88.2 Å². The minimum atomic E-state index is -3.24. The lowest BCUT2D eigenvalue weighted by molar-refractivity contribution is 0.593. The molecule has 0 bridgehead atoms. The molecule has 4 nitrogen and oxygen atoms in total. The highest BCUT2D eigenvalue weighted by molar-refractivity contribution is 7.86. The molecule has 1 aliphatic heterocycles. The first-order valence-electron chi connectivity index (χ1n) is 19.2. The van der Waals surface area contributed by atoms with E-state index >= 15 is 4.57 Å². The molecule has 1 unspecified atom stereocenters. The van der Waals surface area contributed by atoms with Gasteiger partial charge in [-0.1, -0.05) is 170 Å². The normalized spacial score (nSPS) is 14.5. The van der Waals surface area contributed by atoms with E-state index < -0.39 is 7.14 Å². The number of rotatable bonds is 6. The van der Waals surface area contributed by atoms with Gasteiger partial charge in [0.2, 0.25) is 0 Å². The maximum atomic E-state index is 15.9. The Hall–Kier alpha value is -7.13. The van der Waals surface area contributed by atoms with Crippen molar-refractivity contribution in [3.05, 3.63) is 206 Å². The van der Waals surface area contributed by atoms with Gasteiger partial charge in [-0.3, -0.25) is 0 Å². The summed E-state index contributed by atoms with van der Waals surface area (Å²) in [7, 11) is -3.24. The molecule has 0 amide bonds. The summed E-state index contributed by atoms with van der Waals surface area (Å²) in [5, 5.41) is 4.84. The van der Waals surface area contributed by atoms with Crippen molar-refractivity contribution in [3.8, 4) is 61.8 Å². The first-order valence-corrected chi connectivity index (χ1v) is 20.9. The molecule has 0 saturated heterocycles. The van der Waals surface area contributed by atoms with Gasteiger partial charge in [-0.05, 0) is 58.7 Å². The summed E-state index contributed by atoms with van der Waals surface area (Å²) in [6.45, 7) is 0. The fourth-order valence-electron chi connectivity index (χ4n) is 8.55. The van der Waals surface area contributed by atoms with Gasteiger partial charge in [-0.15, -0.1) is 0 Å². The number of hydrogen-bond donors (Lipinski definition) is 0. The number of aromatic nitrogens is 3. The number of benzene rings is 8. The van der Waals surface area contributed by atoms with E-state index in [1.54, 1.807) is 0 Å². The van der Waals surface area contributed by atoms with Crippen LogP contribution < -0.4 is 15.9 Å². The van der Waals surface area contributed by atoms with Gasteiger partial charge in [0.15, 0.2) is 13.0 Å². The van der Waals surface area contributed by atoms with Crippen LogP contribution >= 0.6 is 7.14 Å². The molecular weight excluding hydrogens is 714 g/mol. The van der Waals surface area contributed by atoms with Crippen LogP contribution in [0, 0.1) is 0 Å². The van der Waals surface area contributed by atoms with Crippen LogP contribution in [0.4, 0.5) is 0 Å².